The Balaban J connectivity index is 1.26. The summed E-state index contributed by atoms with van der Waals surface area (Å²) in [5.74, 6) is 1.21. The van der Waals surface area contributed by atoms with Crippen molar-refractivity contribution >= 4 is 23.3 Å². The second-order valence-corrected chi connectivity index (χ2v) is 7.95. The van der Waals surface area contributed by atoms with Crippen molar-refractivity contribution in [1.82, 2.24) is 15.1 Å². The first-order valence-electron chi connectivity index (χ1n) is 10.9. The Morgan fingerprint density at radius 2 is 1.67 bits per heavy atom. The molecule has 0 aliphatic carbocycles. The lowest BCUT2D eigenvalue weighted by Gasteiger charge is -2.35. The average Bonchev–Trinajstić information content (AvgIpc) is 2.84. The maximum atomic E-state index is 12.6. The van der Waals surface area contributed by atoms with Crippen LogP contribution in [0.15, 0.2) is 60.7 Å². The number of anilines is 2. The van der Waals surface area contributed by atoms with E-state index in [0.29, 0.717) is 37.6 Å². The maximum Gasteiger partial charge on any atom is 0.260 e. The molecule has 4 rings (SSSR count). The van der Waals surface area contributed by atoms with Crippen molar-refractivity contribution < 1.29 is 14.3 Å². The molecule has 0 atom stereocenters. The van der Waals surface area contributed by atoms with Crippen LogP contribution in [0.3, 0.4) is 0 Å². The zero-order valence-corrected chi connectivity index (χ0v) is 18.8. The molecule has 170 valence electrons. The molecule has 2 amide bonds. The molecule has 0 bridgehead atoms. The third-order valence-electron chi connectivity index (χ3n) is 5.56. The molecule has 3 aromatic rings. The number of hydrogen-bond donors (Lipinski definition) is 1. The summed E-state index contributed by atoms with van der Waals surface area (Å²) in [6, 6.07) is 19.0. The number of carbonyl (C=O) groups is 2. The third-order valence-corrected chi connectivity index (χ3v) is 5.56. The minimum Gasteiger partial charge on any atom is -0.484 e. The van der Waals surface area contributed by atoms with Gasteiger partial charge in [-0.25, -0.2) is 0 Å². The van der Waals surface area contributed by atoms with Crippen molar-refractivity contribution in [2.75, 3.05) is 43.0 Å². The van der Waals surface area contributed by atoms with E-state index in [4.69, 9.17) is 4.74 Å². The molecule has 0 saturated carbocycles. The van der Waals surface area contributed by atoms with Crippen LogP contribution in [0.1, 0.15) is 12.5 Å². The molecule has 1 aromatic heterocycles. The summed E-state index contributed by atoms with van der Waals surface area (Å²) >= 11 is 0. The minimum absolute atomic E-state index is 0.0234. The van der Waals surface area contributed by atoms with Gasteiger partial charge in [0.15, 0.2) is 12.4 Å². The van der Waals surface area contributed by atoms with Crippen LogP contribution in [0.25, 0.3) is 11.3 Å². The lowest BCUT2D eigenvalue weighted by atomic mass is 10.1. The number of aromatic nitrogens is 2. The maximum absolute atomic E-state index is 12.6. The van der Waals surface area contributed by atoms with Gasteiger partial charge in [-0.05, 0) is 48.9 Å². The van der Waals surface area contributed by atoms with Gasteiger partial charge in [-0.15, -0.1) is 10.2 Å². The van der Waals surface area contributed by atoms with E-state index < -0.39 is 0 Å². The van der Waals surface area contributed by atoms with Gasteiger partial charge in [-0.1, -0.05) is 24.3 Å². The number of ether oxygens (including phenoxy) is 1. The Hall–Kier alpha value is -3.94. The van der Waals surface area contributed by atoms with Gasteiger partial charge in [0.25, 0.3) is 5.91 Å². The lowest BCUT2D eigenvalue weighted by Crippen LogP contribution is -2.50. The number of piperazine rings is 1. The predicted molar refractivity (Wildman–Crippen MR) is 127 cm³/mol. The first-order valence-corrected chi connectivity index (χ1v) is 10.9. The number of rotatable bonds is 6. The highest BCUT2D eigenvalue weighted by atomic mass is 16.5. The molecule has 1 saturated heterocycles. The van der Waals surface area contributed by atoms with Gasteiger partial charge < -0.3 is 19.9 Å². The smallest absolute Gasteiger partial charge is 0.260 e. The van der Waals surface area contributed by atoms with Gasteiger partial charge in [0, 0.05) is 44.4 Å². The fourth-order valence-electron chi connectivity index (χ4n) is 3.76. The van der Waals surface area contributed by atoms with Crippen LogP contribution in [0.5, 0.6) is 5.75 Å². The highest BCUT2D eigenvalue weighted by Crippen LogP contribution is 2.22. The van der Waals surface area contributed by atoms with Crippen molar-refractivity contribution in [1.29, 1.82) is 0 Å². The number of hydrogen-bond acceptors (Lipinski definition) is 6. The van der Waals surface area contributed by atoms with E-state index in [2.05, 4.69) is 33.4 Å². The molecule has 0 radical (unpaired) electrons. The molecule has 8 nitrogen and oxygen atoms in total. The van der Waals surface area contributed by atoms with Crippen molar-refractivity contribution in [3.8, 4) is 17.0 Å². The highest BCUT2D eigenvalue weighted by Gasteiger charge is 2.22. The van der Waals surface area contributed by atoms with Crippen LogP contribution in [-0.2, 0) is 9.59 Å². The summed E-state index contributed by atoms with van der Waals surface area (Å²) < 4.78 is 5.62. The van der Waals surface area contributed by atoms with Crippen LogP contribution in [0.2, 0.25) is 0 Å². The third kappa shape index (κ3) is 5.65. The van der Waals surface area contributed by atoms with Gasteiger partial charge >= 0.3 is 0 Å². The summed E-state index contributed by atoms with van der Waals surface area (Å²) in [6.45, 7) is 6.08. The van der Waals surface area contributed by atoms with Gasteiger partial charge in [0.05, 0.1) is 5.69 Å². The van der Waals surface area contributed by atoms with E-state index >= 15 is 0 Å². The molecule has 33 heavy (non-hydrogen) atoms. The van der Waals surface area contributed by atoms with Crippen molar-refractivity contribution in [3.63, 3.8) is 0 Å². The molecule has 1 aliphatic heterocycles. The van der Waals surface area contributed by atoms with Crippen LogP contribution in [0, 0.1) is 6.92 Å². The number of carbonyl (C=O) groups excluding carboxylic acids is 2. The Kier molecular flexibility index (Phi) is 6.83. The van der Waals surface area contributed by atoms with Gasteiger partial charge in [-0.2, -0.15) is 0 Å². The summed E-state index contributed by atoms with van der Waals surface area (Å²) in [5, 5.41) is 11.5. The molecule has 2 aromatic carbocycles. The second kappa shape index (κ2) is 10.1. The molecule has 1 aliphatic rings. The molecule has 1 N–H and O–H groups in total. The minimum atomic E-state index is -0.133. The van der Waals surface area contributed by atoms with Crippen molar-refractivity contribution in [3.05, 3.63) is 66.2 Å². The fourth-order valence-corrected chi connectivity index (χ4v) is 3.76. The van der Waals surface area contributed by atoms with E-state index in [9.17, 15) is 9.59 Å². The average molecular weight is 446 g/mol. The lowest BCUT2D eigenvalue weighted by molar-refractivity contribution is -0.133. The first kappa shape index (κ1) is 22.3. The number of benzene rings is 2. The summed E-state index contributed by atoms with van der Waals surface area (Å²) in [4.78, 5) is 27.6. The fraction of sp³-hybridized carbons (Fsp3) is 0.280. The predicted octanol–water partition coefficient (Wildman–Crippen LogP) is 3.14. The quantitative estimate of drug-likeness (QED) is 0.627. The normalized spacial score (nSPS) is 13.5. The Morgan fingerprint density at radius 3 is 2.30 bits per heavy atom. The number of nitrogens with one attached hydrogen (secondary N) is 1. The molecule has 1 fully saturated rings. The SMILES string of the molecule is CC(=O)Nc1ccc(OCC(=O)N2CCN(c3ccc(-c4ccccc4C)nn3)CC2)cc1. The Bertz CT molecular complexity index is 1110. The standard InChI is InChI=1S/C25H27N5O3/c1-18-5-3-4-6-22(18)23-11-12-24(28-27-23)29-13-15-30(16-14-29)25(32)17-33-21-9-7-20(8-10-21)26-19(2)31/h3-12H,13-17H2,1-2H3,(H,26,31). The molecule has 0 unspecified atom stereocenters. The van der Waals surface area contributed by atoms with E-state index in [-0.39, 0.29) is 18.4 Å². The number of aryl methyl sites for hydroxylation is 1. The molecule has 2 heterocycles. The molecule has 8 heteroatoms. The van der Waals surface area contributed by atoms with E-state index in [1.165, 1.54) is 6.92 Å². The monoisotopic (exact) mass is 445 g/mol. The zero-order valence-electron chi connectivity index (χ0n) is 18.8. The van der Waals surface area contributed by atoms with Crippen molar-refractivity contribution in [2.45, 2.75) is 13.8 Å². The van der Waals surface area contributed by atoms with E-state index in [1.807, 2.05) is 30.3 Å². The van der Waals surface area contributed by atoms with E-state index in [1.54, 1.807) is 29.2 Å². The zero-order chi connectivity index (χ0) is 23.2. The highest BCUT2D eigenvalue weighted by molar-refractivity contribution is 5.88. The van der Waals surface area contributed by atoms with Gasteiger partial charge in [0.2, 0.25) is 5.91 Å². The molecular formula is C25H27N5O3. The summed E-state index contributed by atoms with van der Waals surface area (Å²) in [7, 11) is 0. The van der Waals surface area contributed by atoms with E-state index in [0.717, 1.165) is 22.6 Å². The topological polar surface area (TPSA) is 87.7 Å². The van der Waals surface area contributed by atoms with Crippen molar-refractivity contribution in [2.24, 2.45) is 0 Å². The molecule has 0 spiro atoms. The van der Waals surface area contributed by atoms with Gasteiger partial charge in [0.1, 0.15) is 5.75 Å². The molecular weight excluding hydrogens is 418 g/mol. The van der Waals surface area contributed by atoms with Crippen LogP contribution in [0.4, 0.5) is 11.5 Å². The second-order valence-electron chi connectivity index (χ2n) is 7.95. The van der Waals surface area contributed by atoms with Crippen LogP contribution in [-0.4, -0.2) is 59.7 Å². The van der Waals surface area contributed by atoms with Crippen LogP contribution < -0.4 is 15.0 Å². The van der Waals surface area contributed by atoms with Gasteiger partial charge in [-0.3, -0.25) is 9.59 Å². The Labute approximate surface area is 193 Å². The first-order chi connectivity index (χ1) is 16.0. The Morgan fingerprint density at radius 1 is 0.939 bits per heavy atom. The number of amides is 2. The van der Waals surface area contributed by atoms with Crippen LogP contribution >= 0.6 is 0 Å². The summed E-state index contributed by atoms with van der Waals surface area (Å²) in [5.41, 5.74) is 3.79. The largest absolute Gasteiger partial charge is 0.484 e. The number of nitrogens with zero attached hydrogens (tertiary/aromatic N) is 4. The summed E-state index contributed by atoms with van der Waals surface area (Å²) in [6.07, 6.45) is 0.